The summed E-state index contributed by atoms with van der Waals surface area (Å²) in [4.78, 5) is 6.25. The van der Waals surface area contributed by atoms with Crippen LogP contribution in [-0.4, -0.2) is 34.9 Å². The molecule has 2 atom stereocenters. The predicted octanol–water partition coefficient (Wildman–Crippen LogP) is 2.59. The summed E-state index contributed by atoms with van der Waals surface area (Å²) in [7, 11) is 5.94. The van der Waals surface area contributed by atoms with E-state index in [1.54, 1.807) is 0 Å². The van der Waals surface area contributed by atoms with Crippen molar-refractivity contribution >= 4 is 34.8 Å². The van der Waals surface area contributed by atoms with Gasteiger partial charge in [-0.15, -0.1) is 0 Å². The molecule has 3 rings (SSSR count). The lowest BCUT2D eigenvalue weighted by atomic mass is 10.1. The topological polar surface area (TPSA) is 21.1 Å². The number of rotatable bonds is 2. The molecule has 2 radical (unpaired) electrons. The molecule has 0 bridgehead atoms. The normalized spacial score (nSPS) is 25.0. The summed E-state index contributed by atoms with van der Waals surface area (Å²) in [6.45, 7) is 4.18. The highest BCUT2D eigenvalue weighted by atomic mass is 79.9. The van der Waals surface area contributed by atoms with Gasteiger partial charge in [-0.3, -0.25) is 0 Å². The number of hydrogen-bond donors (Lipinski definition) is 0. The van der Waals surface area contributed by atoms with Crippen LogP contribution in [0.25, 0.3) is 10.9 Å². The largest absolute Gasteiger partial charge is 0.351 e. The first kappa shape index (κ1) is 12.2. The second-order valence-electron chi connectivity index (χ2n) is 5.18. The highest BCUT2D eigenvalue weighted by Gasteiger charge is 2.25. The maximum atomic E-state index is 5.94. The predicted molar refractivity (Wildman–Crippen MR) is 77.5 cm³/mol. The minimum Gasteiger partial charge on any atom is -0.351 e. The van der Waals surface area contributed by atoms with Gasteiger partial charge in [-0.05, 0) is 53.0 Å². The summed E-state index contributed by atoms with van der Waals surface area (Å²) in [6.07, 6.45) is 5.24. The molecule has 2 aromatic heterocycles. The van der Waals surface area contributed by atoms with Gasteiger partial charge in [0.05, 0.1) is 11.7 Å². The molecule has 0 aliphatic carbocycles. The van der Waals surface area contributed by atoms with Gasteiger partial charge in [-0.2, -0.15) is 0 Å². The van der Waals surface area contributed by atoms with Crippen molar-refractivity contribution in [2.45, 2.75) is 25.9 Å². The van der Waals surface area contributed by atoms with Gasteiger partial charge in [-0.1, -0.05) is 6.92 Å². The van der Waals surface area contributed by atoms with Crippen molar-refractivity contribution in [3.8, 4) is 0 Å². The lowest BCUT2D eigenvalue weighted by Crippen LogP contribution is -2.23. The number of halogens is 1. The smallest absolute Gasteiger partial charge is 0.182 e. The lowest BCUT2D eigenvalue weighted by molar-refractivity contribution is 0.436. The third-order valence-corrected chi connectivity index (χ3v) is 4.22. The molecule has 1 saturated heterocycles. The van der Waals surface area contributed by atoms with Crippen molar-refractivity contribution < 1.29 is 0 Å². The van der Waals surface area contributed by atoms with E-state index in [9.17, 15) is 0 Å². The van der Waals surface area contributed by atoms with Gasteiger partial charge in [-0.25, -0.2) is 4.98 Å². The standard InChI is InChI=1S/C13H15BBrN3/c1-9-4-10(8-18(9)14)7-17-3-2-11-5-13(15)16-6-12(11)17/h2-3,5-6,9-10H,4,7-8H2,1H3/t9-,10-/m0/s1. The first-order valence-corrected chi connectivity index (χ1v) is 7.04. The van der Waals surface area contributed by atoms with E-state index in [4.69, 9.17) is 7.98 Å². The lowest BCUT2D eigenvalue weighted by Gasteiger charge is -2.14. The minimum atomic E-state index is 0.490. The molecule has 0 unspecified atom stereocenters. The van der Waals surface area contributed by atoms with E-state index >= 15 is 0 Å². The fourth-order valence-corrected chi connectivity index (χ4v) is 3.15. The van der Waals surface area contributed by atoms with Gasteiger partial charge in [0.25, 0.3) is 0 Å². The van der Waals surface area contributed by atoms with Gasteiger partial charge in [0.2, 0.25) is 0 Å². The molecule has 0 saturated carbocycles. The van der Waals surface area contributed by atoms with Crippen molar-refractivity contribution in [2.24, 2.45) is 5.92 Å². The molecule has 1 aliphatic rings. The van der Waals surface area contributed by atoms with Crippen LogP contribution < -0.4 is 0 Å². The Morgan fingerprint density at radius 3 is 3.11 bits per heavy atom. The molecule has 1 fully saturated rings. The third-order valence-electron chi connectivity index (χ3n) is 3.79. The summed E-state index contributed by atoms with van der Waals surface area (Å²) in [6, 6.07) is 4.68. The highest BCUT2D eigenvalue weighted by molar-refractivity contribution is 9.10. The zero-order chi connectivity index (χ0) is 12.7. The molecule has 0 aromatic carbocycles. The maximum absolute atomic E-state index is 5.94. The molecule has 2 aromatic rings. The van der Waals surface area contributed by atoms with Crippen molar-refractivity contribution in [3.05, 3.63) is 29.1 Å². The molecule has 5 heteroatoms. The number of nitrogens with zero attached hydrogens (tertiary/aromatic N) is 3. The number of hydrogen-bond acceptors (Lipinski definition) is 2. The SMILES string of the molecule is [B]N1C[C@H](Cn2ccc3cc(Br)ncc32)C[C@@H]1C. The molecular formula is C13H15BBrN3. The number of aromatic nitrogens is 2. The van der Waals surface area contributed by atoms with Crippen molar-refractivity contribution in [2.75, 3.05) is 6.54 Å². The first-order valence-electron chi connectivity index (χ1n) is 6.25. The van der Waals surface area contributed by atoms with E-state index in [0.717, 1.165) is 17.7 Å². The second-order valence-corrected chi connectivity index (χ2v) is 5.99. The Balaban J connectivity index is 1.83. The molecule has 0 spiro atoms. The van der Waals surface area contributed by atoms with E-state index in [-0.39, 0.29) is 0 Å². The fraction of sp³-hybridized carbons (Fsp3) is 0.462. The third kappa shape index (κ3) is 2.21. The molecule has 3 nitrogen and oxygen atoms in total. The summed E-state index contributed by atoms with van der Waals surface area (Å²) < 4.78 is 3.17. The molecule has 92 valence electrons. The monoisotopic (exact) mass is 303 g/mol. The van der Waals surface area contributed by atoms with Crippen LogP contribution in [0.15, 0.2) is 29.1 Å². The first-order chi connectivity index (χ1) is 8.63. The Morgan fingerprint density at radius 2 is 2.39 bits per heavy atom. The van der Waals surface area contributed by atoms with Crippen LogP contribution in [0, 0.1) is 5.92 Å². The second kappa shape index (κ2) is 4.70. The van der Waals surface area contributed by atoms with E-state index < -0.39 is 0 Å². The van der Waals surface area contributed by atoms with Gasteiger partial charge in [0.1, 0.15) is 4.60 Å². The van der Waals surface area contributed by atoms with Gasteiger partial charge < -0.3 is 9.38 Å². The summed E-state index contributed by atoms with van der Waals surface area (Å²) >= 11 is 3.40. The van der Waals surface area contributed by atoms with Crippen LogP contribution in [0.2, 0.25) is 0 Å². The van der Waals surface area contributed by atoms with E-state index in [1.807, 2.05) is 11.0 Å². The number of pyridine rings is 1. The highest BCUT2D eigenvalue weighted by Crippen LogP contribution is 2.25. The summed E-state index contributed by atoms with van der Waals surface area (Å²) in [5, 5.41) is 1.23. The Kier molecular flexibility index (Phi) is 3.20. The molecule has 0 N–H and O–H groups in total. The summed E-state index contributed by atoms with van der Waals surface area (Å²) in [5.74, 6) is 0.629. The maximum Gasteiger partial charge on any atom is 0.182 e. The van der Waals surface area contributed by atoms with Gasteiger partial charge >= 0.3 is 0 Å². The van der Waals surface area contributed by atoms with Crippen molar-refractivity contribution in [1.29, 1.82) is 0 Å². The Hall–Kier alpha value is -0.805. The van der Waals surface area contributed by atoms with Crippen LogP contribution in [-0.2, 0) is 6.54 Å². The van der Waals surface area contributed by atoms with Gasteiger partial charge in [0, 0.05) is 18.1 Å². The quantitative estimate of drug-likeness (QED) is 0.628. The number of fused-ring (bicyclic) bond motifs is 1. The zero-order valence-corrected chi connectivity index (χ0v) is 12.0. The van der Waals surface area contributed by atoms with E-state index in [1.165, 1.54) is 17.3 Å². The molecule has 1 aliphatic heterocycles. The van der Waals surface area contributed by atoms with Crippen LogP contribution in [0.4, 0.5) is 0 Å². The van der Waals surface area contributed by atoms with Crippen LogP contribution in [0.5, 0.6) is 0 Å². The fourth-order valence-electron chi connectivity index (χ4n) is 2.80. The average Bonchev–Trinajstić information content (AvgIpc) is 2.84. The summed E-state index contributed by atoms with van der Waals surface area (Å²) in [5.41, 5.74) is 1.20. The Morgan fingerprint density at radius 1 is 1.56 bits per heavy atom. The van der Waals surface area contributed by atoms with Crippen LogP contribution >= 0.6 is 15.9 Å². The van der Waals surface area contributed by atoms with Crippen molar-refractivity contribution in [3.63, 3.8) is 0 Å². The Bertz CT molecular complexity index is 558. The Labute approximate surface area is 117 Å². The van der Waals surface area contributed by atoms with E-state index in [0.29, 0.717) is 12.0 Å². The molecule has 0 amide bonds. The van der Waals surface area contributed by atoms with Gasteiger partial charge in [0.15, 0.2) is 7.98 Å². The molecule has 3 heterocycles. The van der Waals surface area contributed by atoms with Crippen LogP contribution in [0.3, 0.4) is 0 Å². The van der Waals surface area contributed by atoms with E-state index in [2.05, 4.69) is 50.7 Å². The van der Waals surface area contributed by atoms with Crippen molar-refractivity contribution in [1.82, 2.24) is 14.4 Å². The average molecular weight is 304 g/mol. The molecular weight excluding hydrogens is 289 g/mol. The molecule has 18 heavy (non-hydrogen) atoms. The zero-order valence-electron chi connectivity index (χ0n) is 10.4. The van der Waals surface area contributed by atoms with Crippen LogP contribution in [0.1, 0.15) is 13.3 Å². The minimum absolute atomic E-state index is 0.490.